The number of benzene rings is 2. The predicted octanol–water partition coefficient (Wildman–Crippen LogP) is 3.93. The summed E-state index contributed by atoms with van der Waals surface area (Å²) in [6.45, 7) is 1.61. The Balaban J connectivity index is 1.57. The summed E-state index contributed by atoms with van der Waals surface area (Å²) < 4.78 is 0. The summed E-state index contributed by atoms with van der Waals surface area (Å²) in [4.78, 5) is 26.4. The van der Waals surface area contributed by atoms with Crippen LogP contribution in [0.5, 0.6) is 0 Å². The number of hydrogen-bond acceptors (Lipinski definition) is 3. The summed E-state index contributed by atoms with van der Waals surface area (Å²) in [6, 6.07) is 13.8. The molecule has 0 aromatic heterocycles. The highest BCUT2D eigenvalue weighted by Crippen LogP contribution is 2.17. The molecule has 6 nitrogen and oxygen atoms in total. The van der Waals surface area contributed by atoms with E-state index in [9.17, 15) is 9.59 Å². The van der Waals surface area contributed by atoms with Gasteiger partial charge in [0.05, 0.1) is 0 Å². The first-order chi connectivity index (χ1) is 12.6. The van der Waals surface area contributed by atoms with Gasteiger partial charge in [0.1, 0.15) is 0 Å². The summed E-state index contributed by atoms with van der Waals surface area (Å²) in [7, 11) is 0. The van der Waals surface area contributed by atoms with Gasteiger partial charge < -0.3 is 21.3 Å². The van der Waals surface area contributed by atoms with E-state index in [0.717, 1.165) is 25.9 Å². The lowest BCUT2D eigenvalue weighted by Crippen LogP contribution is -2.35. The van der Waals surface area contributed by atoms with Crippen LogP contribution in [0.2, 0.25) is 0 Å². The van der Waals surface area contributed by atoms with Crippen LogP contribution in [0.15, 0.2) is 48.5 Å². The van der Waals surface area contributed by atoms with Crippen molar-refractivity contribution in [3.05, 3.63) is 54.1 Å². The van der Waals surface area contributed by atoms with E-state index in [1.54, 1.807) is 48.5 Å². The largest absolute Gasteiger partial charge is 0.399 e. The Morgan fingerprint density at radius 2 is 1.46 bits per heavy atom. The summed E-state index contributed by atoms with van der Waals surface area (Å²) in [5.74, 6) is -0.223. The molecule has 1 heterocycles. The number of likely N-dealkylation sites (tertiary alicyclic amines) is 1. The van der Waals surface area contributed by atoms with E-state index >= 15 is 0 Å². The number of nitrogens with two attached hydrogens (primary N) is 1. The fraction of sp³-hybridized carbons (Fsp3) is 0.300. The molecule has 136 valence electrons. The maximum absolute atomic E-state index is 12.3. The van der Waals surface area contributed by atoms with E-state index in [1.165, 1.54) is 12.8 Å². The summed E-state index contributed by atoms with van der Waals surface area (Å²) >= 11 is 0. The van der Waals surface area contributed by atoms with E-state index < -0.39 is 0 Å². The van der Waals surface area contributed by atoms with Crippen LogP contribution in [0, 0.1) is 0 Å². The number of carbonyl (C=O) groups is 2. The predicted molar refractivity (Wildman–Crippen MR) is 104 cm³/mol. The zero-order valence-electron chi connectivity index (χ0n) is 14.7. The number of nitrogens with zero attached hydrogens (tertiary/aromatic N) is 1. The molecule has 0 spiro atoms. The second kappa shape index (κ2) is 8.38. The van der Waals surface area contributed by atoms with Crippen LogP contribution in [0.4, 0.5) is 21.9 Å². The SMILES string of the molecule is Nc1cccc(C(=O)Nc2ccc(NC(=O)N3CCCCCC3)cc2)c1. The van der Waals surface area contributed by atoms with E-state index in [0.29, 0.717) is 22.6 Å². The Morgan fingerprint density at radius 3 is 2.08 bits per heavy atom. The van der Waals surface area contributed by atoms with Crippen molar-refractivity contribution in [1.82, 2.24) is 4.90 Å². The van der Waals surface area contributed by atoms with Crippen molar-refractivity contribution in [2.75, 3.05) is 29.5 Å². The van der Waals surface area contributed by atoms with Crippen molar-refractivity contribution < 1.29 is 9.59 Å². The van der Waals surface area contributed by atoms with E-state index in [4.69, 9.17) is 5.73 Å². The number of rotatable bonds is 3. The maximum atomic E-state index is 12.3. The Bertz CT molecular complexity index is 766. The molecule has 26 heavy (non-hydrogen) atoms. The molecule has 1 saturated heterocycles. The summed E-state index contributed by atoms with van der Waals surface area (Å²) in [6.07, 6.45) is 4.49. The number of anilines is 3. The highest BCUT2D eigenvalue weighted by Gasteiger charge is 2.15. The fourth-order valence-corrected chi connectivity index (χ4v) is 3.00. The number of nitrogens with one attached hydrogen (secondary N) is 2. The third-order valence-corrected chi connectivity index (χ3v) is 4.44. The van der Waals surface area contributed by atoms with Gasteiger partial charge in [-0.3, -0.25) is 4.79 Å². The van der Waals surface area contributed by atoms with E-state index in [-0.39, 0.29) is 11.9 Å². The van der Waals surface area contributed by atoms with Crippen LogP contribution in [0.1, 0.15) is 36.0 Å². The number of carbonyl (C=O) groups excluding carboxylic acids is 2. The van der Waals surface area contributed by atoms with Gasteiger partial charge in [-0.2, -0.15) is 0 Å². The molecular formula is C20H24N4O2. The normalized spacial score (nSPS) is 14.4. The number of amides is 3. The van der Waals surface area contributed by atoms with Gasteiger partial charge in [-0.1, -0.05) is 18.9 Å². The highest BCUT2D eigenvalue weighted by molar-refractivity contribution is 6.04. The van der Waals surface area contributed by atoms with Crippen molar-refractivity contribution in [3.63, 3.8) is 0 Å². The van der Waals surface area contributed by atoms with Crippen LogP contribution in [-0.4, -0.2) is 29.9 Å². The Labute approximate surface area is 153 Å². The molecule has 1 aliphatic heterocycles. The molecule has 0 saturated carbocycles. The quantitative estimate of drug-likeness (QED) is 0.731. The van der Waals surface area contributed by atoms with Crippen molar-refractivity contribution >= 4 is 29.0 Å². The number of nitrogen functional groups attached to an aromatic ring is 1. The first-order valence-electron chi connectivity index (χ1n) is 8.95. The molecule has 3 rings (SSSR count). The summed E-state index contributed by atoms with van der Waals surface area (Å²) in [5.41, 5.74) is 8.12. The van der Waals surface area contributed by atoms with Gasteiger partial charge in [0.15, 0.2) is 0 Å². The van der Waals surface area contributed by atoms with Crippen LogP contribution in [0.25, 0.3) is 0 Å². The van der Waals surface area contributed by atoms with Crippen LogP contribution < -0.4 is 16.4 Å². The lowest BCUT2D eigenvalue weighted by molar-refractivity contribution is 0.102. The number of hydrogen-bond donors (Lipinski definition) is 3. The average molecular weight is 352 g/mol. The summed E-state index contributed by atoms with van der Waals surface area (Å²) in [5, 5.41) is 5.74. The second-order valence-corrected chi connectivity index (χ2v) is 6.49. The lowest BCUT2D eigenvalue weighted by Gasteiger charge is -2.20. The molecule has 1 aliphatic rings. The van der Waals surface area contributed by atoms with Crippen LogP contribution in [0.3, 0.4) is 0 Å². The van der Waals surface area contributed by atoms with Crippen molar-refractivity contribution in [3.8, 4) is 0 Å². The third-order valence-electron chi connectivity index (χ3n) is 4.44. The molecule has 3 amide bonds. The standard InChI is InChI=1S/C20H24N4O2/c21-16-7-5-6-15(14-16)19(25)22-17-8-10-18(11-9-17)23-20(26)24-12-3-1-2-4-13-24/h5-11,14H,1-4,12-13,21H2,(H,22,25)(H,23,26). The van der Waals surface area contributed by atoms with Crippen molar-refractivity contribution in [1.29, 1.82) is 0 Å². The molecule has 0 aliphatic carbocycles. The second-order valence-electron chi connectivity index (χ2n) is 6.49. The highest BCUT2D eigenvalue weighted by atomic mass is 16.2. The molecule has 0 atom stereocenters. The molecule has 2 aromatic rings. The van der Waals surface area contributed by atoms with Gasteiger partial charge in [0, 0.05) is 35.7 Å². The smallest absolute Gasteiger partial charge is 0.321 e. The number of urea groups is 1. The Hall–Kier alpha value is -3.02. The Kier molecular flexibility index (Phi) is 5.73. The van der Waals surface area contributed by atoms with E-state index in [2.05, 4.69) is 10.6 Å². The topological polar surface area (TPSA) is 87.5 Å². The molecule has 0 radical (unpaired) electrons. The minimum absolute atomic E-state index is 0.0663. The lowest BCUT2D eigenvalue weighted by atomic mass is 10.2. The van der Waals surface area contributed by atoms with Gasteiger partial charge in [0.2, 0.25) is 0 Å². The minimum atomic E-state index is -0.223. The van der Waals surface area contributed by atoms with Gasteiger partial charge in [0.25, 0.3) is 5.91 Å². The molecule has 4 N–H and O–H groups in total. The van der Waals surface area contributed by atoms with Gasteiger partial charge in [-0.05, 0) is 55.3 Å². The van der Waals surface area contributed by atoms with Gasteiger partial charge >= 0.3 is 6.03 Å². The third kappa shape index (κ3) is 4.75. The monoisotopic (exact) mass is 352 g/mol. The fourth-order valence-electron chi connectivity index (χ4n) is 3.00. The molecule has 0 bridgehead atoms. The first-order valence-corrected chi connectivity index (χ1v) is 8.95. The van der Waals surface area contributed by atoms with Gasteiger partial charge in [-0.15, -0.1) is 0 Å². The molecule has 6 heteroatoms. The van der Waals surface area contributed by atoms with Crippen LogP contribution in [-0.2, 0) is 0 Å². The zero-order chi connectivity index (χ0) is 18.4. The van der Waals surface area contributed by atoms with Crippen molar-refractivity contribution in [2.45, 2.75) is 25.7 Å². The van der Waals surface area contributed by atoms with Gasteiger partial charge in [-0.25, -0.2) is 4.79 Å². The Morgan fingerprint density at radius 1 is 0.846 bits per heavy atom. The molecular weight excluding hydrogens is 328 g/mol. The van der Waals surface area contributed by atoms with Crippen molar-refractivity contribution in [2.24, 2.45) is 0 Å². The van der Waals surface area contributed by atoms with Crippen LogP contribution >= 0.6 is 0 Å². The molecule has 0 unspecified atom stereocenters. The zero-order valence-corrected chi connectivity index (χ0v) is 14.7. The van der Waals surface area contributed by atoms with E-state index in [1.807, 2.05) is 4.90 Å². The minimum Gasteiger partial charge on any atom is -0.399 e. The maximum Gasteiger partial charge on any atom is 0.321 e. The molecule has 2 aromatic carbocycles. The molecule has 1 fully saturated rings. The average Bonchev–Trinajstić information content (AvgIpc) is 2.93. The first kappa shape index (κ1) is 17.8.